The van der Waals surface area contributed by atoms with Gasteiger partial charge >= 0.3 is 5.69 Å². The molecule has 1 aromatic carbocycles. The molecule has 7 heteroatoms. The summed E-state index contributed by atoms with van der Waals surface area (Å²) in [7, 11) is 2.95. The zero-order valence-corrected chi connectivity index (χ0v) is 15.4. The van der Waals surface area contributed by atoms with Gasteiger partial charge in [-0.15, -0.1) is 0 Å². The minimum absolute atomic E-state index is 0.223. The fourth-order valence-electron chi connectivity index (χ4n) is 2.88. The van der Waals surface area contributed by atoms with E-state index >= 15 is 0 Å². The van der Waals surface area contributed by atoms with Gasteiger partial charge in [-0.25, -0.2) is 9.78 Å². The summed E-state index contributed by atoms with van der Waals surface area (Å²) in [5.41, 5.74) is 1.29. The average molecular weight is 364 g/mol. The highest BCUT2D eigenvalue weighted by molar-refractivity contribution is 6.07. The molecule has 1 N–H and O–H groups in total. The van der Waals surface area contributed by atoms with Crippen molar-refractivity contribution in [3.8, 4) is 0 Å². The Labute approximate surface area is 155 Å². The Morgan fingerprint density at radius 1 is 1.15 bits per heavy atom. The molecule has 27 heavy (non-hydrogen) atoms. The number of rotatable bonds is 4. The molecule has 3 rings (SSSR count). The number of nitrogens with zero attached hydrogens (tertiary/aromatic N) is 3. The fourth-order valence-corrected chi connectivity index (χ4v) is 2.88. The van der Waals surface area contributed by atoms with Gasteiger partial charge in [-0.05, 0) is 23.6 Å². The van der Waals surface area contributed by atoms with Crippen LogP contribution < -0.4 is 16.6 Å². The van der Waals surface area contributed by atoms with Crippen LogP contribution in [0.15, 0.2) is 52.2 Å². The maximum atomic E-state index is 12.7. The smallest absolute Gasteiger partial charge is 0.321 e. The molecular formula is C20H20N4O3. The van der Waals surface area contributed by atoms with Crippen molar-refractivity contribution < 1.29 is 4.79 Å². The van der Waals surface area contributed by atoms with Crippen LogP contribution in [0, 0.1) is 0 Å². The molecule has 0 atom stereocenters. The zero-order valence-electron chi connectivity index (χ0n) is 15.4. The van der Waals surface area contributed by atoms with Crippen molar-refractivity contribution in [2.24, 2.45) is 14.1 Å². The molecule has 2 aromatic heterocycles. The Kier molecular flexibility index (Phi) is 5.03. The molecule has 0 bridgehead atoms. The van der Waals surface area contributed by atoms with Gasteiger partial charge in [-0.3, -0.25) is 18.7 Å². The Morgan fingerprint density at radius 3 is 2.52 bits per heavy atom. The van der Waals surface area contributed by atoms with Gasteiger partial charge in [0.15, 0.2) is 5.65 Å². The lowest BCUT2D eigenvalue weighted by Gasteiger charge is -2.14. The largest absolute Gasteiger partial charge is 0.332 e. The Hall–Kier alpha value is -3.48. The van der Waals surface area contributed by atoms with Crippen LogP contribution in [0.2, 0.25) is 0 Å². The molecule has 0 aliphatic rings. The van der Waals surface area contributed by atoms with Gasteiger partial charge in [0.05, 0.1) is 5.69 Å². The summed E-state index contributed by atoms with van der Waals surface area (Å²) in [6, 6.07) is 9.43. The first-order valence-corrected chi connectivity index (χ1v) is 8.55. The number of aromatic nitrogens is 3. The predicted molar refractivity (Wildman–Crippen MR) is 106 cm³/mol. The van der Waals surface area contributed by atoms with E-state index < -0.39 is 11.2 Å². The van der Waals surface area contributed by atoms with E-state index in [0.29, 0.717) is 12.1 Å². The molecule has 3 aromatic rings. The second-order valence-corrected chi connectivity index (χ2v) is 6.15. The molecule has 0 aliphatic heterocycles. The van der Waals surface area contributed by atoms with Crippen molar-refractivity contribution in [2.75, 3.05) is 5.32 Å². The van der Waals surface area contributed by atoms with E-state index in [1.165, 1.54) is 17.7 Å². The van der Waals surface area contributed by atoms with Gasteiger partial charge in [0.1, 0.15) is 5.39 Å². The highest BCUT2D eigenvalue weighted by atomic mass is 16.2. The third-order valence-electron chi connectivity index (χ3n) is 4.40. The number of hydrogen-bond donors (Lipinski definition) is 1. The van der Waals surface area contributed by atoms with E-state index in [9.17, 15) is 14.4 Å². The molecule has 0 radical (unpaired) electrons. The van der Waals surface area contributed by atoms with Crippen LogP contribution in [-0.2, 0) is 25.3 Å². The summed E-state index contributed by atoms with van der Waals surface area (Å²) < 4.78 is 2.31. The van der Waals surface area contributed by atoms with Gasteiger partial charge < -0.3 is 5.32 Å². The quantitative estimate of drug-likeness (QED) is 0.716. The zero-order chi connectivity index (χ0) is 19.6. The summed E-state index contributed by atoms with van der Waals surface area (Å²) in [5.74, 6) is -0.364. The number of carbonyl (C=O) groups excluding carboxylic acids is 1. The molecular weight excluding hydrogens is 344 g/mol. The first kappa shape index (κ1) is 18.3. The maximum absolute atomic E-state index is 12.7. The molecule has 2 heterocycles. The lowest BCUT2D eigenvalue weighted by Crippen LogP contribution is -2.37. The summed E-state index contributed by atoms with van der Waals surface area (Å²) >= 11 is 0. The van der Waals surface area contributed by atoms with Crippen LogP contribution >= 0.6 is 0 Å². The van der Waals surface area contributed by atoms with E-state index in [4.69, 9.17) is 0 Å². The third-order valence-corrected chi connectivity index (χ3v) is 4.40. The van der Waals surface area contributed by atoms with Crippen LogP contribution in [0.5, 0.6) is 0 Å². The topological polar surface area (TPSA) is 86.0 Å². The normalized spacial score (nSPS) is 11.2. The number of nitrogens with one attached hydrogen (secondary N) is 1. The van der Waals surface area contributed by atoms with Crippen LogP contribution in [-0.4, -0.2) is 20.0 Å². The summed E-state index contributed by atoms with van der Waals surface area (Å²) in [6.07, 6.45) is 5.26. The molecule has 0 saturated carbocycles. The number of benzene rings is 1. The van der Waals surface area contributed by atoms with E-state index in [1.54, 1.807) is 19.3 Å². The van der Waals surface area contributed by atoms with E-state index in [0.717, 1.165) is 15.7 Å². The van der Waals surface area contributed by atoms with Crippen molar-refractivity contribution in [1.82, 2.24) is 14.1 Å². The highest BCUT2D eigenvalue weighted by Crippen LogP contribution is 2.23. The van der Waals surface area contributed by atoms with Gasteiger partial charge in [-0.2, -0.15) is 0 Å². The number of carbonyl (C=O) groups is 1. The molecule has 0 aliphatic carbocycles. The lowest BCUT2D eigenvalue weighted by atomic mass is 10.1. The number of amides is 1. The van der Waals surface area contributed by atoms with Crippen molar-refractivity contribution in [1.29, 1.82) is 0 Å². The van der Waals surface area contributed by atoms with Gasteiger partial charge in [0, 0.05) is 26.4 Å². The van der Waals surface area contributed by atoms with E-state index in [-0.39, 0.29) is 16.9 Å². The predicted octanol–water partition coefficient (Wildman–Crippen LogP) is 1.85. The second kappa shape index (κ2) is 7.41. The molecule has 7 nitrogen and oxygen atoms in total. The van der Waals surface area contributed by atoms with Crippen molar-refractivity contribution in [2.45, 2.75) is 13.3 Å². The first-order chi connectivity index (χ1) is 12.9. The maximum Gasteiger partial charge on any atom is 0.332 e. The summed E-state index contributed by atoms with van der Waals surface area (Å²) in [4.78, 5) is 41.5. The van der Waals surface area contributed by atoms with Crippen molar-refractivity contribution in [3.05, 3.63) is 74.6 Å². The lowest BCUT2D eigenvalue weighted by molar-refractivity contribution is -0.111. The van der Waals surface area contributed by atoms with E-state index in [1.807, 2.05) is 37.3 Å². The number of anilines is 1. The standard InChI is InChI=1S/C20H20N4O3/c1-4-14-12-21-18-16(19(26)24(3)20(27)23(18)2)17(14)22-15(25)11-10-13-8-6-5-7-9-13/h5-12H,4H2,1-3H3,(H,21,22,25)/b11-10-. The Balaban J connectivity index is 2.10. The van der Waals surface area contributed by atoms with Gasteiger partial charge in [0.25, 0.3) is 5.56 Å². The highest BCUT2D eigenvalue weighted by Gasteiger charge is 2.17. The Morgan fingerprint density at radius 2 is 1.85 bits per heavy atom. The van der Waals surface area contributed by atoms with Crippen molar-refractivity contribution in [3.63, 3.8) is 0 Å². The van der Waals surface area contributed by atoms with Crippen LogP contribution in [0.25, 0.3) is 17.1 Å². The van der Waals surface area contributed by atoms with Crippen molar-refractivity contribution >= 4 is 28.7 Å². The minimum Gasteiger partial charge on any atom is -0.321 e. The Bertz CT molecular complexity index is 1160. The number of fused-ring (bicyclic) bond motifs is 1. The third kappa shape index (κ3) is 3.44. The second-order valence-electron chi connectivity index (χ2n) is 6.15. The van der Waals surface area contributed by atoms with Gasteiger partial charge in [0.2, 0.25) is 5.91 Å². The van der Waals surface area contributed by atoms with Gasteiger partial charge in [-0.1, -0.05) is 37.3 Å². The summed E-state index contributed by atoms with van der Waals surface area (Å²) in [5, 5.41) is 3.02. The minimum atomic E-state index is -0.488. The monoisotopic (exact) mass is 364 g/mol. The molecule has 0 unspecified atom stereocenters. The number of hydrogen-bond acceptors (Lipinski definition) is 4. The molecule has 138 valence electrons. The molecule has 0 spiro atoms. The van der Waals surface area contributed by atoms with E-state index in [2.05, 4.69) is 10.3 Å². The van der Waals surface area contributed by atoms with Crippen LogP contribution in [0.3, 0.4) is 0 Å². The average Bonchev–Trinajstić information content (AvgIpc) is 2.69. The fraction of sp³-hybridized carbons (Fsp3) is 0.200. The SMILES string of the molecule is CCc1cnc2c(c1NC(=O)/C=C\c1ccccc1)c(=O)n(C)c(=O)n2C. The molecule has 0 fully saturated rings. The number of pyridine rings is 1. The number of aryl methyl sites for hydroxylation is 2. The summed E-state index contributed by atoms with van der Waals surface area (Å²) in [6.45, 7) is 1.91. The first-order valence-electron chi connectivity index (χ1n) is 8.55. The van der Waals surface area contributed by atoms with Crippen LogP contribution in [0.1, 0.15) is 18.1 Å². The molecule has 0 saturated heterocycles. The van der Waals surface area contributed by atoms with Crippen LogP contribution in [0.4, 0.5) is 5.69 Å². The molecule has 1 amide bonds.